The SMILES string of the molecule is c1cc(-c2ccc3c(c2)C2(c4ccccc4-c4ccccc42)c2ccccc2-3)cc(-c2cccc3c2oc2ccccc23)c1. The van der Waals surface area contributed by atoms with Crippen molar-refractivity contribution in [2.24, 2.45) is 0 Å². The van der Waals surface area contributed by atoms with Crippen LogP contribution in [0.3, 0.4) is 0 Å². The van der Waals surface area contributed by atoms with Crippen molar-refractivity contribution in [3.63, 3.8) is 0 Å². The second-order valence-corrected chi connectivity index (χ2v) is 12.0. The van der Waals surface area contributed by atoms with E-state index in [1.54, 1.807) is 0 Å². The van der Waals surface area contributed by atoms with E-state index in [2.05, 4.69) is 146 Å². The summed E-state index contributed by atoms with van der Waals surface area (Å²) in [5, 5.41) is 2.31. The maximum atomic E-state index is 6.41. The minimum atomic E-state index is -0.341. The number of benzene rings is 7. The summed E-state index contributed by atoms with van der Waals surface area (Å²) in [6.45, 7) is 0. The van der Waals surface area contributed by atoms with Crippen LogP contribution in [0.1, 0.15) is 22.3 Å². The summed E-state index contributed by atoms with van der Waals surface area (Å²) >= 11 is 0. The molecule has 0 aliphatic heterocycles. The highest BCUT2D eigenvalue weighted by Crippen LogP contribution is 2.63. The largest absolute Gasteiger partial charge is 0.455 e. The number of furan rings is 1. The van der Waals surface area contributed by atoms with Gasteiger partial charge >= 0.3 is 0 Å². The summed E-state index contributed by atoms with van der Waals surface area (Å²) in [5.41, 5.74) is 17.0. The summed E-state index contributed by atoms with van der Waals surface area (Å²) in [6, 6.07) is 57.7. The first-order valence-electron chi connectivity index (χ1n) is 15.3. The van der Waals surface area contributed by atoms with Gasteiger partial charge < -0.3 is 4.42 Å². The third-order valence-corrected chi connectivity index (χ3v) is 9.91. The Labute approximate surface area is 255 Å². The van der Waals surface area contributed by atoms with Crippen molar-refractivity contribution in [2.45, 2.75) is 5.41 Å². The molecule has 0 amide bonds. The van der Waals surface area contributed by atoms with Gasteiger partial charge in [0.1, 0.15) is 11.2 Å². The summed E-state index contributed by atoms with van der Waals surface area (Å²) in [6.07, 6.45) is 0. The van der Waals surface area contributed by atoms with E-state index in [1.807, 2.05) is 12.1 Å². The standard InChI is InChI=1S/C43H26O/c1-5-19-37-31(13-1)32-14-2-6-20-38(32)43(37)39-21-7-3-15-33(39)34-24-23-28(26-40(34)43)27-11-9-12-29(25-27)30-17-10-18-36-35-16-4-8-22-41(35)44-42(30)36/h1-26H. The molecule has 0 saturated carbocycles. The maximum Gasteiger partial charge on any atom is 0.143 e. The van der Waals surface area contributed by atoms with Gasteiger partial charge in [-0.3, -0.25) is 0 Å². The van der Waals surface area contributed by atoms with Crippen LogP contribution in [0.15, 0.2) is 162 Å². The minimum absolute atomic E-state index is 0.341. The molecule has 0 atom stereocenters. The second-order valence-electron chi connectivity index (χ2n) is 12.0. The van der Waals surface area contributed by atoms with Crippen LogP contribution in [0.2, 0.25) is 0 Å². The molecule has 0 radical (unpaired) electrons. The lowest BCUT2D eigenvalue weighted by atomic mass is 9.70. The Morgan fingerprint density at radius 3 is 1.59 bits per heavy atom. The summed E-state index contributed by atoms with van der Waals surface area (Å²) < 4.78 is 6.41. The lowest BCUT2D eigenvalue weighted by Gasteiger charge is -2.30. The van der Waals surface area contributed by atoms with Crippen molar-refractivity contribution >= 4 is 21.9 Å². The van der Waals surface area contributed by atoms with Gasteiger partial charge in [0, 0.05) is 16.3 Å². The lowest BCUT2D eigenvalue weighted by molar-refractivity contribution is 0.670. The Balaban J connectivity index is 1.20. The smallest absolute Gasteiger partial charge is 0.143 e. The molecular weight excluding hydrogens is 532 g/mol. The topological polar surface area (TPSA) is 13.1 Å². The molecule has 0 bridgehead atoms. The van der Waals surface area contributed by atoms with Gasteiger partial charge in [0.2, 0.25) is 0 Å². The zero-order valence-corrected chi connectivity index (χ0v) is 23.9. The van der Waals surface area contributed by atoms with Crippen molar-refractivity contribution in [1.82, 2.24) is 0 Å². The van der Waals surface area contributed by atoms with Crippen molar-refractivity contribution in [3.8, 4) is 44.5 Å². The summed E-state index contributed by atoms with van der Waals surface area (Å²) in [4.78, 5) is 0. The first-order valence-corrected chi connectivity index (χ1v) is 15.3. The Kier molecular flexibility index (Phi) is 4.71. The molecule has 8 aromatic rings. The van der Waals surface area contributed by atoms with E-state index in [9.17, 15) is 0 Å². The molecule has 204 valence electrons. The second kappa shape index (κ2) is 8.69. The molecule has 2 aliphatic rings. The van der Waals surface area contributed by atoms with E-state index in [0.29, 0.717) is 0 Å². The van der Waals surface area contributed by atoms with Gasteiger partial charge in [0.15, 0.2) is 0 Å². The first kappa shape index (κ1) is 23.9. The normalized spacial score (nSPS) is 13.6. The third-order valence-electron chi connectivity index (χ3n) is 9.91. The molecule has 7 aromatic carbocycles. The molecule has 10 rings (SSSR count). The lowest BCUT2D eigenvalue weighted by Crippen LogP contribution is -2.25. The van der Waals surface area contributed by atoms with Crippen LogP contribution >= 0.6 is 0 Å². The highest BCUT2D eigenvalue weighted by molar-refractivity contribution is 6.09. The number of para-hydroxylation sites is 2. The van der Waals surface area contributed by atoms with E-state index in [-0.39, 0.29) is 5.41 Å². The molecule has 1 aromatic heterocycles. The van der Waals surface area contributed by atoms with Crippen LogP contribution in [0.5, 0.6) is 0 Å². The van der Waals surface area contributed by atoms with Gasteiger partial charge in [0.05, 0.1) is 5.41 Å². The van der Waals surface area contributed by atoms with Gasteiger partial charge in [-0.25, -0.2) is 0 Å². The van der Waals surface area contributed by atoms with E-state index in [0.717, 1.165) is 33.1 Å². The molecule has 1 heteroatoms. The molecule has 0 unspecified atom stereocenters. The zero-order chi connectivity index (χ0) is 28.8. The molecule has 44 heavy (non-hydrogen) atoms. The van der Waals surface area contributed by atoms with Gasteiger partial charge in [0.25, 0.3) is 0 Å². The number of fused-ring (bicyclic) bond motifs is 13. The third kappa shape index (κ3) is 2.98. The maximum absolute atomic E-state index is 6.41. The molecule has 1 spiro atoms. The van der Waals surface area contributed by atoms with Crippen molar-refractivity contribution in [3.05, 3.63) is 180 Å². The van der Waals surface area contributed by atoms with Crippen molar-refractivity contribution in [2.75, 3.05) is 0 Å². The summed E-state index contributed by atoms with van der Waals surface area (Å²) in [7, 11) is 0. The molecular formula is C43H26O. The Morgan fingerprint density at radius 1 is 0.341 bits per heavy atom. The van der Waals surface area contributed by atoms with Gasteiger partial charge in [-0.1, -0.05) is 140 Å². The van der Waals surface area contributed by atoms with Crippen molar-refractivity contribution in [1.29, 1.82) is 0 Å². The average Bonchev–Trinajstić information content (AvgIpc) is 3.72. The fourth-order valence-electron chi connectivity index (χ4n) is 8.12. The van der Waals surface area contributed by atoms with Gasteiger partial charge in [-0.2, -0.15) is 0 Å². The Bertz CT molecular complexity index is 2390. The average molecular weight is 559 g/mol. The fourth-order valence-corrected chi connectivity index (χ4v) is 8.12. The highest BCUT2D eigenvalue weighted by atomic mass is 16.3. The first-order chi connectivity index (χ1) is 21.8. The van der Waals surface area contributed by atoms with Gasteiger partial charge in [-0.05, 0) is 79.4 Å². The molecule has 0 saturated heterocycles. The molecule has 1 heterocycles. The minimum Gasteiger partial charge on any atom is -0.455 e. The summed E-state index contributed by atoms with van der Waals surface area (Å²) in [5.74, 6) is 0. The van der Waals surface area contributed by atoms with Crippen LogP contribution in [-0.4, -0.2) is 0 Å². The molecule has 0 fully saturated rings. The molecule has 2 aliphatic carbocycles. The number of hydrogen-bond acceptors (Lipinski definition) is 1. The molecule has 1 nitrogen and oxygen atoms in total. The van der Waals surface area contributed by atoms with Crippen LogP contribution < -0.4 is 0 Å². The molecule has 0 N–H and O–H groups in total. The van der Waals surface area contributed by atoms with E-state index < -0.39 is 0 Å². The van der Waals surface area contributed by atoms with E-state index in [1.165, 1.54) is 55.6 Å². The van der Waals surface area contributed by atoms with Crippen LogP contribution in [-0.2, 0) is 5.41 Å². The highest BCUT2D eigenvalue weighted by Gasteiger charge is 2.51. The quantitative estimate of drug-likeness (QED) is 0.206. The predicted octanol–water partition coefficient (Wildman–Crippen LogP) is 11.3. The Hall–Kier alpha value is -5.66. The van der Waals surface area contributed by atoms with Crippen molar-refractivity contribution < 1.29 is 4.42 Å². The van der Waals surface area contributed by atoms with Gasteiger partial charge in [-0.15, -0.1) is 0 Å². The predicted molar refractivity (Wildman–Crippen MR) is 181 cm³/mol. The monoisotopic (exact) mass is 558 g/mol. The van der Waals surface area contributed by atoms with E-state index >= 15 is 0 Å². The van der Waals surface area contributed by atoms with Crippen LogP contribution in [0.25, 0.3) is 66.4 Å². The fraction of sp³-hybridized carbons (Fsp3) is 0.0233. The van der Waals surface area contributed by atoms with Crippen LogP contribution in [0.4, 0.5) is 0 Å². The zero-order valence-electron chi connectivity index (χ0n) is 23.9. The van der Waals surface area contributed by atoms with Crippen LogP contribution in [0, 0.1) is 0 Å². The van der Waals surface area contributed by atoms with E-state index in [4.69, 9.17) is 4.42 Å². The number of hydrogen-bond donors (Lipinski definition) is 0. The Morgan fingerprint density at radius 2 is 0.864 bits per heavy atom. The number of rotatable bonds is 2.